The van der Waals surface area contributed by atoms with E-state index in [0.29, 0.717) is 22.2 Å². The van der Waals surface area contributed by atoms with Crippen molar-refractivity contribution in [1.82, 2.24) is 4.98 Å². The Labute approximate surface area is 183 Å². The van der Waals surface area contributed by atoms with Crippen LogP contribution in [0.25, 0.3) is 33.6 Å². The molecule has 0 unspecified atom stereocenters. The van der Waals surface area contributed by atoms with Gasteiger partial charge in [-0.25, -0.2) is 9.37 Å². The van der Waals surface area contributed by atoms with Crippen LogP contribution in [0.1, 0.15) is 0 Å². The summed E-state index contributed by atoms with van der Waals surface area (Å²) in [6.07, 6.45) is 0. The smallest absolute Gasteiger partial charge is 0.262 e. The van der Waals surface area contributed by atoms with E-state index in [2.05, 4.69) is 5.32 Å². The quantitative estimate of drug-likeness (QED) is 0.420. The number of aromatic nitrogens is 1. The van der Waals surface area contributed by atoms with Gasteiger partial charge in [-0.1, -0.05) is 23.7 Å². The van der Waals surface area contributed by atoms with Crippen molar-refractivity contribution in [2.24, 2.45) is 0 Å². The normalized spacial score (nSPS) is 12.6. The summed E-state index contributed by atoms with van der Waals surface area (Å²) in [7, 11) is 0. The Morgan fingerprint density at radius 3 is 2.19 bits per heavy atom. The lowest BCUT2D eigenvalue weighted by atomic mass is 9.99. The molecule has 1 amide bonds. The van der Waals surface area contributed by atoms with E-state index in [1.165, 1.54) is 12.1 Å². The molecule has 0 aliphatic carbocycles. The van der Waals surface area contributed by atoms with E-state index in [0.717, 1.165) is 27.9 Å². The Bertz CT molecular complexity index is 1220. The molecule has 4 nitrogen and oxygen atoms in total. The molecule has 0 spiro atoms. The number of fused-ring (bicyclic) bond motifs is 1. The first-order valence-electron chi connectivity index (χ1n) is 9.66. The van der Waals surface area contributed by atoms with Gasteiger partial charge in [0.25, 0.3) is 5.91 Å². The Kier molecular flexibility index (Phi) is 4.88. The number of carbonyl (C=O) groups excluding carboxylic acids is 1. The van der Waals surface area contributed by atoms with Crippen LogP contribution in [0.4, 0.5) is 10.1 Å². The van der Waals surface area contributed by atoms with Crippen molar-refractivity contribution in [3.63, 3.8) is 0 Å². The van der Waals surface area contributed by atoms with E-state index < -0.39 is 0 Å². The van der Waals surface area contributed by atoms with Crippen LogP contribution in [0.15, 0.2) is 78.9 Å². The number of rotatable bonds is 3. The number of amides is 1. The highest BCUT2D eigenvalue weighted by Crippen LogP contribution is 2.35. The Morgan fingerprint density at radius 2 is 1.45 bits per heavy atom. The number of halogens is 2. The van der Waals surface area contributed by atoms with Crippen LogP contribution in [0.2, 0.25) is 5.02 Å². The minimum Gasteiger partial charge on any atom is -0.482 e. The maximum atomic E-state index is 13.4. The van der Waals surface area contributed by atoms with E-state index in [9.17, 15) is 9.18 Å². The molecule has 1 N–H and O–H groups in total. The zero-order chi connectivity index (χ0) is 21.4. The van der Waals surface area contributed by atoms with Crippen molar-refractivity contribution >= 4 is 23.2 Å². The zero-order valence-electron chi connectivity index (χ0n) is 16.2. The monoisotopic (exact) mass is 430 g/mol. The van der Waals surface area contributed by atoms with Crippen LogP contribution >= 0.6 is 11.6 Å². The van der Waals surface area contributed by atoms with Gasteiger partial charge in [0.2, 0.25) is 0 Å². The molecule has 4 aromatic rings. The number of carbonyl (C=O) groups is 1. The molecule has 0 atom stereocenters. The number of hydrogen-bond donors (Lipinski definition) is 1. The second-order valence-electron chi connectivity index (χ2n) is 7.19. The second-order valence-corrected chi connectivity index (χ2v) is 7.62. The van der Waals surface area contributed by atoms with E-state index in [1.54, 1.807) is 12.1 Å². The molecule has 6 heteroatoms. The third-order valence-electron chi connectivity index (χ3n) is 5.05. The maximum absolute atomic E-state index is 13.4. The summed E-state index contributed by atoms with van der Waals surface area (Å²) < 4.78 is 18.9. The molecule has 0 saturated carbocycles. The van der Waals surface area contributed by atoms with Crippen LogP contribution < -0.4 is 10.1 Å². The molecule has 2 heterocycles. The van der Waals surface area contributed by atoms with Gasteiger partial charge in [0, 0.05) is 16.1 Å². The fourth-order valence-electron chi connectivity index (χ4n) is 3.50. The molecule has 3 aromatic carbocycles. The maximum Gasteiger partial charge on any atom is 0.262 e. The lowest BCUT2D eigenvalue weighted by molar-refractivity contribution is -0.118. The fraction of sp³-hybridized carbons (Fsp3) is 0.0400. The summed E-state index contributed by atoms with van der Waals surface area (Å²) in [6, 6.07) is 23.3. The van der Waals surface area contributed by atoms with Crippen LogP contribution in [0, 0.1) is 5.82 Å². The van der Waals surface area contributed by atoms with Gasteiger partial charge in [-0.2, -0.15) is 0 Å². The average molecular weight is 431 g/mol. The topological polar surface area (TPSA) is 51.2 Å². The Morgan fingerprint density at radius 1 is 0.806 bits per heavy atom. The molecule has 5 rings (SSSR count). The van der Waals surface area contributed by atoms with E-state index in [-0.39, 0.29) is 18.3 Å². The molecule has 152 valence electrons. The number of nitrogens with zero attached hydrogens (tertiary/aromatic N) is 1. The van der Waals surface area contributed by atoms with Crippen molar-refractivity contribution in [2.75, 3.05) is 11.9 Å². The number of nitrogens with one attached hydrogen (secondary N) is 1. The zero-order valence-corrected chi connectivity index (χ0v) is 17.0. The first kappa shape index (κ1) is 19.3. The number of pyridine rings is 1. The van der Waals surface area contributed by atoms with Crippen LogP contribution in [0.3, 0.4) is 0 Å². The Balaban J connectivity index is 1.66. The molecule has 31 heavy (non-hydrogen) atoms. The van der Waals surface area contributed by atoms with E-state index >= 15 is 0 Å². The summed E-state index contributed by atoms with van der Waals surface area (Å²) in [5, 5.41) is 3.48. The third kappa shape index (κ3) is 4.00. The van der Waals surface area contributed by atoms with Gasteiger partial charge in [0.05, 0.1) is 17.1 Å². The minimum absolute atomic E-state index is 0.00532. The summed E-state index contributed by atoms with van der Waals surface area (Å²) in [5.41, 5.74) is 5.58. The van der Waals surface area contributed by atoms with Gasteiger partial charge in [0.1, 0.15) is 11.6 Å². The fourth-order valence-corrected chi connectivity index (χ4v) is 3.62. The first-order chi connectivity index (χ1) is 15.0. The predicted octanol–water partition coefficient (Wildman–Crippen LogP) is 6.21. The van der Waals surface area contributed by atoms with Crippen LogP contribution in [-0.2, 0) is 4.79 Å². The highest BCUT2D eigenvalue weighted by atomic mass is 35.5. The molecule has 1 aliphatic heterocycles. The molecular weight excluding hydrogens is 415 g/mol. The molecule has 1 aromatic heterocycles. The third-order valence-corrected chi connectivity index (χ3v) is 5.30. The largest absolute Gasteiger partial charge is 0.482 e. The molecule has 0 fully saturated rings. The summed E-state index contributed by atoms with van der Waals surface area (Å²) in [4.78, 5) is 16.5. The summed E-state index contributed by atoms with van der Waals surface area (Å²) in [5.74, 6) is 0.124. The lowest BCUT2D eigenvalue weighted by Gasteiger charge is -2.18. The molecule has 0 saturated heterocycles. The standard InChI is InChI=1S/C25H16ClFN2O2/c26-19-6-1-15(2-7-19)18-12-21(16-3-8-20(27)9-4-16)28-22(13-18)17-5-10-24-23(11-17)29-25(30)14-31-24/h1-13H,14H2,(H,29,30). The van der Waals surface area contributed by atoms with Gasteiger partial charge in [-0.15, -0.1) is 0 Å². The minimum atomic E-state index is -0.303. The molecular formula is C25H16ClFN2O2. The first-order valence-corrected chi connectivity index (χ1v) is 10.0. The second kappa shape index (κ2) is 7.85. The van der Waals surface area contributed by atoms with Crippen molar-refractivity contribution in [3.8, 4) is 39.4 Å². The van der Waals surface area contributed by atoms with Gasteiger partial charge in [-0.05, 0) is 77.9 Å². The van der Waals surface area contributed by atoms with Crippen molar-refractivity contribution in [1.29, 1.82) is 0 Å². The van der Waals surface area contributed by atoms with Crippen molar-refractivity contribution in [2.45, 2.75) is 0 Å². The van der Waals surface area contributed by atoms with Crippen LogP contribution in [-0.4, -0.2) is 17.5 Å². The highest BCUT2D eigenvalue weighted by Gasteiger charge is 2.17. The number of hydrogen-bond acceptors (Lipinski definition) is 3. The van der Waals surface area contributed by atoms with Gasteiger partial charge in [-0.3, -0.25) is 4.79 Å². The van der Waals surface area contributed by atoms with Gasteiger partial charge >= 0.3 is 0 Å². The molecule has 0 bridgehead atoms. The number of benzene rings is 3. The highest BCUT2D eigenvalue weighted by molar-refractivity contribution is 6.30. The number of anilines is 1. The average Bonchev–Trinajstić information content (AvgIpc) is 2.79. The predicted molar refractivity (Wildman–Crippen MR) is 120 cm³/mol. The van der Waals surface area contributed by atoms with Crippen molar-refractivity contribution in [3.05, 3.63) is 89.7 Å². The lowest BCUT2D eigenvalue weighted by Crippen LogP contribution is -2.25. The van der Waals surface area contributed by atoms with Gasteiger partial charge < -0.3 is 10.1 Å². The van der Waals surface area contributed by atoms with E-state index in [4.69, 9.17) is 21.3 Å². The molecule has 0 radical (unpaired) electrons. The van der Waals surface area contributed by atoms with Crippen molar-refractivity contribution < 1.29 is 13.9 Å². The summed E-state index contributed by atoms with van der Waals surface area (Å²) >= 11 is 6.05. The van der Waals surface area contributed by atoms with Gasteiger partial charge in [0.15, 0.2) is 6.61 Å². The SMILES string of the molecule is O=C1COc2ccc(-c3cc(-c4ccc(Cl)cc4)cc(-c4ccc(F)cc4)n3)cc2N1. The Hall–Kier alpha value is -3.70. The van der Waals surface area contributed by atoms with Crippen LogP contribution in [0.5, 0.6) is 5.75 Å². The summed E-state index contributed by atoms with van der Waals surface area (Å²) in [6.45, 7) is 0.00532. The molecule has 1 aliphatic rings. The number of ether oxygens (including phenoxy) is 1. The van der Waals surface area contributed by atoms with E-state index in [1.807, 2.05) is 54.6 Å².